The van der Waals surface area contributed by atoms with E-state index in [-0.39, 0.29) is 12.0 Å². The number of ether oxygens (including phenoxy) is 1. The number of benzene rings is 1. The van der Waals surface area contributed by atoms with Gasteiger partial charge < -0.3 is 15.2 Å². The van der Waals surface area contributed by atoms with E-state index in [1.54, 1.807) is 31.4 Å². The second-order valence-electron chi connectivity index (χ2n) is 5.60. The molecule has 0 radical (unpaired) electrons. The monoisotopic (exact) mass is 291 g/mol. The molecular weight excluding hydrogens is 270 g/mol. The van der Waals surface area contributed by atoms with Gasteiger partial charge in [0.1, 0.15) is 0 Å². The highest BCUT2D eigenvalue weighted by atomic mass is 16.5. The summed E-state index contributed by atoms with van der Waals surface area (Å²) in [7, 11) is 1.62. The molecule has 0 spiro atoms. The zero-order valence-electron chi connectivity index (χ0n) is 12.4. The van der Waals surface area contributed by atoms with Gasteiger partial charge in [0.25, 0.3) is 0 Å². The predicted octanol–water partition coefficient (Wildman–Crippen LogP) is 2.56. The Labute approximate surface area is 124 Å². The lowest BCUT2D eigenvalue weighted by atomic mass is 9.96. The number of hydrogen-bond acceptors (Lipinski definition) is 3. The molecule has 0 aliphatic heterocycles. The van der Waals surface area contributed by atoms with Crippen LogP contribution in [0.4, 0.5) is 5.69 Å². The van der Waals surface area contributed by atoms with Gasteiger partial charge >= 0.3 is 5.97 Å². The number of aliphatic carboxylic acids is 1. The lowest BCUT2D eigenvalue weighted by Gasteiger charge is -2.12. The highest BCUT2D eigenvalue weighted by molar-refractivity contribution is 5.91. The summed E-state index contributed by atoms with van der Waals surface area (Å²) in [6, 6.07) is 7.09. The minimum Gasteiger partial charge on any atom is -0.481 e. The summed E-state index contributed by atoms with van der Waals surface area (Å²) in [6.07, 6.45) is 2.49. The number of carbonyl (C=O) groups is 2. The number of hydrogen-bond donors (Lipinski definition) is 2. The van der Waals surface area contributed by atoms with E-state index in [4.69, 9.17) is 4.74 Å². The predicted molar refractivity (Wildman–Crippen MR) is 79.3 cm³/mol. The van der Waals surface area contributed by atoms with Crippen LogP contribution in [0, 0.1) is 0 Å². The summed E-state index contributed by atoms with van der Waals surface area (Å²) in [6.45, 7) is 1.92. The molecular formula is C16H21NO4. The molecule has 0 heterocycles. The second kappa shape index (κ2) is 6.26. The van der Waals surface area contributed by atoms with Crippen LogP contribution >= 0.6 is 0 Å². The Hall–Kier alpha value is -1.88. The van der Waals surface area contributed by atoms with Gasteiger partial charge in [-0.2, -0.15) is 0 Å². The van der Waals surface area contributed by atoms with Crippen LogP contribution in [0.3, 0.4) is 0 Å². The van der Waals surface area contributed by atoms with Crippen molar-refractivity contribution in [2.45, 2.75) is 44.1 Å². The molecule has 5 nitrogen and oxygen atoms in total. The minimum absolute atomic E-state index is 0.0587. The first-order valence-corrected chi connectivity index (χ1v) is 7.14. The molecule has 0 aromatic heterocycles. The number of nitrogens with one attached hydrogen (secondary N) is 1. The van der Waals surface area contributed by atoms with E-state index in [0.717, 1.165) is 5.56 Å². The SMILES string of the molecule is COC(C)CCC(=O)Nc1ccc(C2(C(=O)O)CC2)cc1. The third-order valence-corrected chi connectivity index (χ3v) is 4.06. The molecule has 1 aliphatic rings. The molecule has 21 heavy (non-hydrogen) atoms. The summed E-state index contributed by atoms with van der Waals surface area (Å²) in [4.78, 5) is 23.0. The first-order chi connectivity index (χ1) is 9.98. The molecule has 2 rings (SSSR count). The summed E-state index contributed by atoms with van der Waals surface area (Å²) in [5.41, 5.74) is 0.798. The molecule has 1 aromatic carbocycles. The number of methoxy groups -OCH3 is 1. The summed E-state index contributed by atoms with van der Waals surface area (Å²) in [5, 5.41) is 12.0. The Kier molecular flexibility index (Phi) is 4.63. The van der Waals surface area contributed by atoms with Crippen molar-refractivity contribution >= 4 is 17.6 Å². The number of carboxylic acid groups (broad SMARTS) is 1. The number of rotatable bonds is 7. The molecule has 1 aliphatic carbocycles. The van der Waals surface area contributed by atoms with Crippen molar-refractivity contribution in [3.8, 4) is 0 Å². The normalized spacial score (nSPS) is 17.0. The molecule has 5 heteroatoms. The Morgan fingerprint density at radius 3 is 2.43 bits per heavy atom. The average Bonchev–Trinajstić information content (AvgIpc) is 3.27. The van der Waals surface area contributed by atoms with Gasteiger partial charge in [0.05, 0.1) is 11.5 Å². The summed E-state index contributed by atoms with van der Waals surface area (Å²) in [5.74, 6) is -0.834. The first kappa shape index (κ1) is 15.5. The fourth-order valence-corrected chi connectivity index (χ4v) is 2.30. The molecule has 1 unspecified atom stereocenters. The number of anilines is 1. The van der Waals surface area contributed by atoms with Crippen LogP contribution in [0.2, 0.25) is 0 Å². The van der Waals surface area contributed by atoms with Crippen LogP contribution in [-0.2, 0) is 19.7 Å². The molecule has 1 saturated carbocycles. The van der Waals surface area contributed by atoms with E-state index in [0.29, 0.717) is 31.4 Å². The number of amides is 1. The van der Waals surface area contributed by atoms with Crippen molar-refractivity contribution in [2.24, 2.45) is 0 Å². The average molecular weight is 291 g/mol. The molecule has 2 N–H and O–H groups in total. The molecule has 1 fully saturated rings. The van der Waals surface area contributed by atoms with Crippen LogP contribution < -0.4 is 5.32 Å². The van der Waals surface area contributed by atoms with Crippen molar-refractivity contribution < 1.29 is 19.4 Å². The Morgan fingerprint density at radius 2 is 1.95 bits per heavy atom. The van der Waals surface area contributed by atoms with Gasteiger partial charge in [-0.1, -0.05) is 12.1 Å². The number of carboxylic acids is 1. The minimum atomic E-state index is -0.771. The zero-order chi connectivity index (χ0) is 15.5. The standard InChI is InChI=1S/C16H21NO4/c1-11(21-2)3-8-14(18)17-13-6-4-12(5-7-13)16(9-10-16)15(19)20/h4-7,11H,3,8-10H2,1-2H3,(H,17,18)(H,19,20). The quantitative estimate of drug-likeness (QED) is 0.809. The lowest BCUT2D eigenvalue weighted by molar-refractivity contribution is -0.140. The van der Waals surface area contributed by atoms with Crippen molar-refractivity contribution in [3.05, 3.63) is 29.8 Å². The van der Waals surface area contributed by atoms with E-state index in [1.807, 2.05) is 6.92 Å². The second-order valence-corrected chi connectivity index (χ2v) is 5.60. The Bertz CT molecular complexity index is 520. The van der Waals surface area contributed by atoms with E-state index in [2.05, 4.69) is 5.32 Å². The van der Waals surface area contributed by atoms with E-state index >= 15 is 0 Å². The molecule has 0 bridgehead atoms. The van der Waals surface area contributed by atoms with Gasteiger partial charge in [-0.3, -0.25) is 9.59 Å². The van der Waals surface area contributed by atoms with Crippen molar-refractivity contribution in [2.75, 3.05) is 12.4 Å². The highest BCUT2D eigenvalue weighted by Crippen LogP contribution is 2.48. The third-order valence-electron chi connectivity index (χ3n) is 4.06. The molecule has 114 valence electrons. The lowest BCUT2D eigenvalue weighted by Crippen LogP contribution is -2.19. The van der Waals surface area contributed by atoms with Crippen LogP contribution in [0.5, 0.6) is 0 Å². The van der Waals surface area contributed by atoms with Crippen LogP contribution in [-0.4, -0.2) is 30.2 Å². The topological polar surface area (TPSA) is 75.6 Å². The number of carbonyl (C=O) groups excluding carboxylic acids is 1. The fraction of sp³-hybridized carbons (Fsp3) is 0.500. The van der Waals surface area contributed by atoms with Crippen molar-refractivity contribution in [3.63, 3.8) is 0 Å². The van der Waals surface area contributed by atoms with Crippen molar-refractivity contribution in [1.82, 2.24) is 0 Å². The largest absolute Gasteiger partial charge is 0.481 e. The summed E-state index contributed by atoms with van der Waals surface area (Å²) >= 11 is 0. The Morgan fingerprint density at radius 1 is 1.33 bits per heavy atom. The zero-order valence-corrected chi connectivity index (χ0v) is 12.4. The maximum Gasteiger partial charge on any atom is 0.314 e. The van der Waals surface area contributed by atoms with Gasteiger partial charge in [-0.25, -0.2) is 0 Å². The molecule has 1 atom stereocenters. The van der Waals surface area contributed by atoms with E-state index < -0.39 is 11.4 Å². The van der Waals surface area contributed by atoms with Gasteiger partial charge in [0.2, 0.25) is 5.91 Å². The van der Waals surface area contributed by atoms with Crippen molar-refractivity contribution in [1.29, 1.82) is 0 Å². The fourth-order valence-electron chi connectivity index (χ4n) is 2.30. The smallest absolute Gasteiger partial charge is 0.314 e. The van der Waals surface area contributed by atoms with Crippen LogP contribution in [0.15, 0.2) is 24.3 Å². The molecule has 1 aromatic rings. The van der Waals surface area contributed by atoms with Gasteiger partial charge in [0, 0.05) is 19.2 Å². The first-order valence-electron chi connectivity index (χ1n) is 7.14. The maximum absolute atomic E-state index is 11.8. The van der Waals surface area contributed by atoms with E-state index in [9.17, 15) is 14.7 Å². The molecule has 1 amide bonds. The third kappa shape index (κ3) is 3.61. The van der Waals surface area contributed by atoms with Gasteiger partial charge in [-0.15, -0.1) is 0 Å². The van der Waals surface area contributed by atoms with Gasteiger partial charge in [-0.05, 0) is 43.9 Å². The highest BCUT2D eigenvalue weighted by Gasteiger charge is 2.51. The van der Waals surface area contributed by atoms with Gasteiger partial charge in [0.15, 0.2) is 0 Å². The van der Waals surface area contributed by atoms with Crippen LogP contribution in [0.1, 0.15) is 38.2 Å². The summed E-state index contributed by atoms with van der Waals surface area (Å²) < 4.78 is 5.10. The molecule has 0 saturated heterocycles. The maximum atomic E-state index is 11.8. The van der Waals surface area contributed by atoms with Crippen LogP contribution in [0.25, 0.3) is 0 Å². The van der Waals surface area contributed by atoms with E-state index in [1.165, 1.54) is 0 Å². The Balaban J connectivity index is 1.91.